The minimum Gasteiger partial charge on any atom is -0.492 e. The highest BCUT2D eigenvalue weighted by atomic mass is 19.1. The van der Waals surface area contributed by atoms with Crippen LogP contribution in [-0.2, 0) is 4.74 Å². The molecular formula is C24H31FO3. The minimum absolute atomic E-state index is 0.0769. The summed E-state index contributed by atoms with van der Waals surface area (Å²) < 4.78 is 26.1. The van der Waals surface area contributed by atoms with Crippen molar-refractivity contribution in [1.82, 2.24) is 0 Å². The van der Waals surface area contributed by atoms with Crippen LogP contribution in [0, 0.1) is 29.0 Å². The van der Waals surface area contributed by atoms with Crippen LogP contribution in [0.3, 0.4) is 0 Å². The van der Waals surface area contributed by atoms with E-state index in [1.54, 1.807) is 26.8 Å². The van der Waals surface area contributed by atoms with Gasteiger partial charge < -0.3 is 9.47 Å². The van der Waals surface area contributed by atoms with Gasteiger partial charge in [0.25, 0.3) is 0 Å². The molecule has 3 nitrogen and oxygen atoms in total. The van der Waals surface area contributed by atoms with Crippen LogP contribution >= 0.6 is 0 Å². The summed E-state index contributed by atoms with van der Waals surface area (Å²) in [5.41, 5.74) is 0.123. The van der Waals surface area contributed by atoms with E-state index in [0.29, 0.717) is 17.9 Å². The normalized spacial score (nSPS) is 30.9. The number of carbonyl (C=O) groups excluding carboxylic acids is 1. The third kappa shape index (κ3) is 3.83. The number of hydrogen-bond donors (Lipinski definition) is 0. The molecule has 0 radical (unpaired) electrons. The summed E-state index contributed by atoms with van der Waals surface area (Å²) in [5, 5.41) is 0. The Kier molecular flexibility index (Phi) is 4.79. The molecule has 152 valence electrons. The van der Waals surface area contributed by atoms with Gasteiger partial charge in [-0.3, -0.25) is 0 Å². The smallest absolute Gasteiger partial charge is 0.341 e. The lowest BCUT2D eigenvalue weighted by atomic mass is 9.50. The lowest BCUT2D eigenvalue weighted by molar-refractivity contribution is -0.0746. The van der Waals surface area contributed by atoms with Gasteiger partial charge in [0.05, 0.1) is 12.2 Å². The molecule has 28 heavy (non-hydrogen) atoms. The number of esters is 1. The van der Waals surface area contributed by atoms with Crippen LogP contribution in [0.2, 0.25) is 0 Å². The molecule has 0 N–H and O–H groups in total. The Bertz CT molecular complexity index is 754. The maximum absolute atomic E-state index is 14.7. The van der Waals surface area contributed by atoms with Crippen molar-refractivity contribution in [2.24, 2.45) is 23.2 Å². The third-order valence-electron chi connectivity index (χ3n) is 6.64. The molecule has 0 atom stereocenters. The van der Waals surface area contributed by atoms with Crippen molar-refractivity contribution >= 4 is 12.0 Å². The highest BCUT2D eigenvalue weighted by molar-refractivity contribution is 5.91. The first-order valence-corrected chi connectivity index (χ1v) is 10.5. The van der Waals surface area contributed by atoms with Crippen molar-refractivity contribution in [3.63, 3.8) is 0 Å². The Morgan fingerprint density at radius 2 is 1.75 bits per heavy atom. The van der Waals surface area contributed by atoms with Gasteiger partial charge in [0.1, 0.15) is 17.2 Å². The van der Waals surface area contributed by atoms with Gasteiger partial charge in [0.2, 0.25) is 0 Å². The van der Waals surface area contributed by atoms with E-state index >= 15 is 0 Å². The molecule has 0 unspecified atom stereocenters. The summed E-state index contributed by atoms with van der Waals surface area (Å²) >= 11 is 0. The Balaban J connectivity index is 1.51. The molecule has 1 aromatic carbocycles. The fraction of sp³-hybridized carbons (Fsp3) is 0.625. The number of ether oxygens (including phenoxy) is 2. The number of halogens is 1. The van der Waals surface area contributed by atoms with E-state index in [-0.39, 0.29) is 11.0 Å². The summed E-state index contributed by atoms with van der Waals surface area (Å²) in [6.07, 6.45) is 9.48. The van der Waals surface area contributed by atoms with Gasteiger partial charge in [0.15, 0.2) is 0 Å². The van der Waals surface area contributed by atoms with Crippen LogP contribution in [0.25, 0.3) is 6.08 Å². The Hall–Kier alpha value is -1.84. The zero-order valence-corrected chi connectivity index (χ0v) is 17.2. The third-order valence-corrected chi connectivity index (χ3v) is 6.64. The van der Waals surface area contributed by atoms with Crippen LogP contribution in [0.1, 0.15) is 75.2 Å². The molecule has 4 heteroatoms. The number of carbonyl (C=O) groups is 1. The SMILES string of the molecule is C=Cc1cc(C(=O)OC(C)(C)C)c(F)cc1OCC12CC3CC(CC(C3)C1)C2. The predicted octanol–water partition coefficient (Wildman–Crippen LogP) is 6.02. The van der Waals surface area contributed by atoms with Gasteiger partial charge in [-0.25, -0.2) is 9.18 Å². The van der Waals surface area contributed by atoms with E-state index in [2.05, 4.69) is 6.58 Å². The monoisotopic (exact) mass is 386 g/mol. The standard InChI is InChI=1S/C24H31FO3/c1-5-18-9-19(22(26)28-23(2,3)4)20(25)10-21(18)27-14-24-11-15-6-16(12-24)8-17(7-15)13-24/h5,9-10,15-17H,1,6-8,11-14H2,2-4H3. The van der Waals surface area contributed by atoms with E-state index < -0.39 is 17.4 Å². The molecule has 0 heterocycles. The van der Waals surface area contributed by atoms with Gasteiger partial charge in [0, 0.05) is 17.0 Å². The van der Waals surface area contributed by atoms with Crippen molar-refractivity contribution in [3.8, 4) is 5.75 Å². The van der Waals surface area contributed by atoms with Gasteiger partial charge in [-0.15, -0.1) is 0 Å². The number of rotatable bonds is 5. The largest absolute Gasteiger partial charge is 0.492 e. The Morgan fingerprint density at radius 1 is 1.18 bits per heavy atom. The average Bonchev–Trinajstić information content (AvgIpc) is 2.57. The molecule has 0 aromatic heterocycles. The van der Waals surface area contributed by atoms with Crippen molar-refractivity contribution in [1.29, 1.82) is 0 Å². The van der Waals surface area contributed by atoms with Crippen molar-refractivity contribution < 1.29 is 18.7 Å². The van der Waals surface area contributed by atoms with Gasteiger partial charge in [-0.1, -0.05) is 12.7 Å². The maximum atomic E-state index is 14.7. The zero-order chi connectivity index (χ0) is 20.1. The molecule has 1 aromatic rings. The number of benzene rings is 1. The van der Waals surface area contributed by atoms with Crippen LogP contribution in [0.15, 0.2) is 18.7 Å². The van der Waals surface area contributed by atoms with E-state index in [1.165, 1.54) is 50.7 Å². The summed E-state index contributed by atoms with van der Waals surface area (Å²) in [6, 6.07) is 2.81. The first-order chi connectivity index (χ1) is 13.2. The van der Waals surface area contributed by atoms with Gasteiger partial charge >= 0.3 is 5.97 Å². The second-order valence-corrected chi connectivity index (χ2v) is 10.3. The van der Waals surface area contributed by atoms with E-state index in [1.807, 2.05) is 0 Å². The van der Waals surface area contributed by atoms with Crippen molar-refractivity contribution in [3.05, 3.63) is 35.7 Å². The molecule has 4 aliphatic rings. The topological polar surface area (TPSA) is 35.5 Å². The van der Waals surface area contributed by atoms with Crippen molar-refractivity contribution in [2.75, 3.05) is 6.61 Å². The highest BCUT2D eigenvalue weighted by Crippen LogP contribution is 2.60. The van der Waals surface area contributed by atoms with E-state index in [4.69, 9.17) is 9.47 Å². The molecular weight excluding hydrogens is 355 g/mol. The lowest BCUT2D eigenvalue weighted by Crippen LogP contribution is -2.48. The van der Waals surface area contributed by atoms with Crippen LogP contribution in [0.5, 0.6) is 5.75 Å². The molecule has 5 rings (SSSR count). The van der Waals surface area contributed by atoms with Gasteiger partial charge in [-0.05, 0) is 83.1 Å². The zero-order valence-electron chi connectivity index (χ0n) is 17.2. The quantitative estimate of drug-likeness (QED) is 0.581. The summed E-state index contributed by atoms with van der Waals surface area (Å²) in [4.78, 5) is 12.3. The average molecular weight is 387 g/mol. The van der Waals surface area contributed by atoms with Crippen LogP contribution < -0.4 is 4.74 Å². The lowest BCUT2D eigenvalue weighted by Gasteiger charge is -2.56. The van der Waals surface area contributed by atoms with E-state index in [0.717, 1.165) is 17.8 Å². The van der Waals surface area contributed by atoms with Crippen LogP contribution in [-0.4, -0.2) is 18.2 Å². The molecule has 0 amide bonds. The molecule has 4 saturated carbocycles. The number of hydrogen-bond acceptors (Lipinski definition) is 3. The summed E-state index contributed by atoms with van der Waals surface area (Å²) in [7, 11) is 0. The fourth-order valence-corrected chi connectivity index (χ4v) is 6.04. The molecule has 4 aliphatic carbocycles. The molecule has 4 fully saturated rings. The summed E-state index contributed by atoms with van der Waals surface area (Å²) in [5.74, 6) is 1.73. The maximum Gasteiger partial charge on any atom is 0.341 e. The van der Waals surface area contributed by atoms with Crippen LogP contribution in [0.4, 0.5) is 4.39 Å². The second kappa shape index (κ2) is 6.89. The first kappa shape index (κ1) is 19.5. The van der Waals surface area contributed by atoms with Crippen molar-refractivity contribution in [2.45, 2.75) is 64.9 Å². The highest BCUT2D eigenvalue weighted by Gasteiger charge is 2.51. The Labute approximate surface area is 167 Å². The second-order valence-electron chi connectivity index (χ2n) is 10.3. The fourth-order valence-electron chi connectivity index (χ4n) is 6.04. The predicted molar refractivity (Wildman–Crippen MR) is 108 cm³/mol. The first-order valence-electron chi connectivity index (χ1n) is 10.5. The molecule has 4 bridgehead atoms. The molecule has 0 aliphatic heterocycles. The van der Waals surface area contributed by atoms with Gasteiger partial charge in [-0.2, -0.15) is 0 Å². The minimum atomic E-state index is -0.675. The molecule has 0 saturated heterocycles. The van der Waals surface area contributed by atoms with E-state index in [9.17, 15) is 9.18 Å². The summed E-state index contributed by atoms with van der Waals surface area (Å²) in [6.45, 7) is 9.74. The Morgan fingerprint density at radius 3 is 2.25 bits per heavy atom. The molecule has 0 spiro atoms.